The van der Waals surface area contributed by atoms with E-state index in [-0.39, 0.29) is 16.6 Å². The molecule has 7 heteroatoms. The predicted octanol–water partition coefficient (Wildman–Crippen LogP) is 0.920. The van der Waals surface area contributed by atoms with Crippen LogP contribution in [-0.4, -0.2) is 33.2 Å². The SMILES string of the molecule is CC1CN(c2cc(S(N)(=O)=O)ccc2N)CC(C)(C)O1. The lowest BCUT2D eigenvalue weighted by Crippen LogP contribution is -2.52. The number of hydrogen-bond acceptors (Lipinski definition) is 5. The molecule has 1 saturated heterocycles. The zero-order chi connectivity index (χ0) is 15.1. The molecule has 0 saturated carbocycles. The molecule has 6 nitrogen and oxygen atoms in total. The summed E-state index contributed by atoms with van der Waals surface area (Å²) < 4.78 is 28.8. The highest BCUT2D eigenvalue weighted by Crippen LogP contribution is 2.31. The van der Waals surface area contributed by atoms with Crippen molar-refractivity contribution in [2.75, 3.05) is 23.7 Å². The lowest BCUT2D eigenvalue weighted by atomic mass is 10.0. The van der Waals surface area contributed by atoms with Crippen molar-refractivity contribution in [3.8, 4) is 0 Å². The maximum Gasteiger partial charge on any atom is 0.238 e. The van der Waals surface area contributed by atoms with E-state index in [2.05, 4.69) is 0 Å². The van der Waals surface area contributed by atoms with Gasteiger partial charge in [0.25, 0.3) is 0 Å². The monoisotopic (exact) mass is 299 g/mol. The van der Waals surface area contributed by atoms with Gasteiger partial charge in [-0.1, -0.05) is 0 Å². The van der Waals surface area contributed by atoms with Crippen LogP contribution in [-0.2, 0) is 14.8 Å². The number of nitrogens with zero attached hydrogens (tertiary/aromatic N) is 1. The zero-order valence-electron chi connectivity index (χ0n) is 12.0. The van der Waals surface area contributed by atoms with Crippen LogP contribution in [0.5, 0.6) is 0 Å². The summed E-state index contributed by atoms with van der Waals surface area (Å²) in [7, 11) is -3.74. The average Bonchev–Trinajstić information content (AvgIpc) is 2.24. The number of nitrogen functional groups attached to an aromatic ring is 1. The number of sulfonamides is 1. The molecular weight excluding hydrogens is 278 g/mol. The van der Waals surface area contributed by atoms with Crippen molar-refractivity contribution in [3.05, 3.63) is 18.2 Å². The summed E-state index contributed by atoms with van der Waals surface area (Å²) >= 11 is 0. The van der Waals surface area contributed by atoms with Gasteiger partial charge in [0.1, 0.15) is 0 Å². The van der Waals surface area contributed by atoms with Gasteiger partial charge in [-0.3, -0.25) is 0 Å². The fraction of sp³-hybridized carbons (Fsp3) is 0.538. The first kappa shape index (κ1) is 15.1. The molecule has 0 aromatic heterocycles. The van der Waals surface area contributed by atoms with Gasteiger partial charge >= 0.3 is 0 Å². The third-order valence-corrected chi connectivity index (χ3v) is 4.15. The molecule has 1 heterocycles. The van der Waals surface area contributed by atoms with E-state index in [4.69, 9.17) is 15.6 Å². The van der Waals surface area contributed by atoms with E-state index in [1.807, 2.05) is 25.7 Å². The summed E-state index contributed by atoms with van der Waals surface area (Å²) in [5.74, 6) is 0. The summed E-state index contributed by atoms with van der Waals surface area (Å²) in [6.07, 6.45) is 0.0382. The van der Waals surface area contributed by atoms with Gasteiger partial charge < -0.3 is 15.4 Å². The minimum Gasteiger partial charge on any atom is -0.397 e. The van der Waals surface area contributed by atoms with Gasteiger partial charge in [-0.25, -0.2) is 13.6 Å². The Morgan fingerprint density at radius 2 is 2.05 bits per heavy atom. The first-order valence-corrected chi connectivity index (χ1v) is 7.98. The van der Waals surface area contributed by atoms with Crippen LogP contribution in [0, 0.1) is 0 Å². The molecule has 0 aliphatic carbocycles. The number of ether oxygens (including phenoxy) is 1. The van der Waals surface area contributed by atoms with Crippen molar-refractivity contribution in [2.45, 2.75) is 37.4 Å². The van der Waals surface area contributed by atoms with Crippen LogP contribution in [0.4, 0.5) is 11.4 Å². The van der Waals surface area contributed by atoms with Crippen LogP contribution in [0.2, 0.25) is 0 Å². The van der Waals surface area contributed by atoms with Crippen LogP contribution in [0.3, 0.4) is 0 Å². The van der Waals surface area contributed by atoms with Crippen molar-refractivity contribution < 1.29 is 13.2 Å². The molecule has 1 aliphatic rings. The maximum absolute atomic E-state index is 11.5. The van der Waals surface area contributed by atoms with E-state index in [9.17, 15) is 8.42 Å². The molecule has 0 radical (unpaired) electrons. The van der Waals surface area contributed by atoms with Crippen molar-refractivity contribution >= 4 is 21.4 Å². The lowest BCUT2D eigenvalue weighted by molar-refractivity contribution is -0.0749. The third-order valence-electron chi connectivity index (χ3n) is 3.24. The fourth-order valence-electron chi connectivity index (χ4n) is 2.61. The van der Waals surface area contributed by atoms with Gasteiger partial charge in [-0.05, 0) is 39.0 Å². The Kier molecular flexibility index (Phi) is 3.70. The van der Waals surface area contributed by atoms with Gasteiger partial charge in [-0.15, -0.1) is 0 Å². The molecule has 20 heavy (non-hydrogen) atoms. The molecule has 1 aromatic carbocycles. The van der Waals surface area contributed by atoms with Crippen LogP contribution in [0.1, 0.15) is 20.8 Å². The van der Waals surface area contributed by atoms with E-state index in [1.54, 1.807) is 6.07 Å². The van der Waals surface area contributed by atoms with E-state index in [0.717, 1.165) is 0 Å². The predicted molar refractivity (Wildman–Crippen MR) is 79.1 cm³/mol. The quantitative estimate of drug-likeness (QED) is 0.791. The van der Waals surface area contributed by atoms with Crippen molar-refractivity contribution in [1.82, 2.24) is 0 Å². The average molecular weight is 299 g/mol. The number of hydrogen-bond donors (Lipinski definition) is 2. The third kappa shape index (κ3) is 3.23. The molecule has 0 bridgehead atoms. The molecule has 0 spiro atoms. The van der Waals surface area contributed by atoms with Gasteiger partial charge in [0.05, 0.1) is 28.0 Å². The van der Waals surface area contributed by atoms with Crippen LogP contribution in [0.15, 0.2) is 23.1 Å². The van der Waals surface area contributed by atoms with Crippen molar-refractivity contribution in [1.29, 1.82) is 0 Å². The Bertz CT molecular complexity index is 613. The molecule has 2 rings (SSSR count). The lowest BCUT2D eigenvalue weighted by Gasteiger charge is -2.43. The van der Waals surface area contributed by atoms with Crippen molar-refractivity contribution in [3.63, 3.8) is 0 Å². The second-order valence-electron chi connectivity index (χ2n) is 5.83. The molecular formula is C13H21N3O3S. The molecule has 1 aliphatic heterocycles. The van der Waals surface area contributed by atoms with Crippen LogP contribution >= 0.6 is 0 Å². The molecule has 112 valence electrons. The number of benzene rings is 1. The summed E-state index contributed by atoms with van der Waals surface area (Å²) in [6, 6.07) is 4.52. The highest BCUT2D eigenvalue weighted by Gasteiger charge is 2.32. The summed E-state index contributed by atoms with van der Waals surface area (Å²) in [5.41, 5.74) is 6.87. The first-order chi connectivity index (χ1) is 9.08. The second-order valence-corrected chi connectivity index (χ2v) is 7.40. The highest BCUT2D eigenvalue weighted by molar-refractivity contribution is 7.89. The van der Waals surface area contributed by atoms with Gasteiger partial charge in [0, 0.05) is 13.1 Å². The minimum atomic E-state index is -3.74. The van der Waals surface area contributed by atoms with E-state index < -0.39 is 10.0 Å². The van der Waals surface area contributed by atoms with E-state index in [1.165, 1.54) is 12.1 Å². The van der Waals surface area contributed by atoms with E-state index >= 15 is 0 Å². The number of nitrogens with two attached hydrogens (primary N) is 2. The normalized spacial score (nSPS) is 22.8. The smallest absolute Gasteiger partial charge is 0.238 e. The number of primary sulfonamides is 1. The molecule has 0 amide bonds. The first-order valence-electron chi connectivity index (χ1n) is 6.43. The standard InChI is InChI=1S/C13H21N3O3S/c1-9-7-16(8-13(2,3)19-9)12-6-10(20(15,17)18)4-5-11(12)14/h4-6,9H,7-8,14H2,1-3H3,(H2,15,17,18). The van der Waals surface area contributed by atoms with Crippen molar-refractivity contribution in [2.24, 2.45) is 5.14 Å². The van der Waals surface area contributed by atoms with Gasteiger partial charge in [0.2, 0.25) is 10.0 Å². The number of morpholine rings is 1. The molecule has 1 aromatic rings. The largest absolute Gasteiger partial charge is 0.397 e. The minimum absolute atomic E-state index is 0.0382. The molecule has 1 unspecified atom stereocenters. The topological polar surface area (TPSA) is 98.7 Å². The Hall–Kier alpha value is -1.31. The van der Waals surface area contributed by atoms with Gasteiger partial charge in [0.15, 0.2) is 0 Å². The highest BCUT2D eigenvalue weighted by atomic mass is 32.2. The fourth-order valence-corrected chi connectivity index (χ4v) is 3.15. The van der Waals surface area contributed by atoms with E-state index in [0.29, 0.717) is 24.5 Å². The summed E-state index contributed by atoms with van der Waals surface area (Å²) in [4.78, 5) is 2.11. The van der Waals surface area contributed by atoms with Crippen LogP contribution < -0.4 is 15.8 Å². The summed E-state index contributed by atoms with van der Waals surface area (Å²) in [6.45, 7) is 7.26. The van der Waals surface area contributed by atoms with Gasteiger partial charge in [-0.2, -0.15) is 0 Å². The molecule has 1 fully saturated rings. The Balaban J connectivity index is 2.41. The molecule has 1 atom stereocenters. The number of anilines is 2. The Morgan fingerprint density at radius 3 is 2.60 bits per heavy atom. The summed E-state index contributed by atoms with van der Waals surface area (Å²) in [5, 5.41) is 5.17. The molecule has 4 N–H and O–H groups in total. The second kappa shape index (κ2) is 4.91. The zero-order valence-corrected chi connectivity index (χ0v) is 12.8. The number of rotatable bonds is 2. The Morgan fingerprint density at radius 1 is 1.40 bits per heavy atom. The van der Waals surface area contributed by atoms with Crippen LogP contribution in [0.25, 0.3) is 0 Å². The Labute approximate surface area is 119 Å². The maximum atomic E-state index is 11.5.